The van der Waals surface area contributed by atoms with Crippen LogP contribution in [-0.2, 0) is 14.4 Å². The van der Waals surface area contributed by atoms with Crippen molar-refractivity contribution in [3.05, 3.63) is 34.4 Å². The molecule has 0 bridgehead atoms. The lowest BCUT2D eigenvalue weighted by Crippen LogP contribution is -2.55. The molecule has 32 heavy (non-hydrogen) atoms. The molecule has 0 aromatic heterocycles. The summed E-state index contributed by atoms with van der Waals surface area (Å²) in [4.78, 5) is 51.3. The van der Waals surface area contributed by atoms with Crippen molar-refractivity contribution in [1.82, 2.24) is 10.6 Å². The lowest BCUT2D eigenvalue weighted by atomic mass is 10.0. The number of nitrogens with zero attached hydrogens (tertiary/aromatic N) is 2. The number of rotatable bonds is 12. The standard InChI is InChI=1S/C19H30N8O5/c1-11(2)16(26-15(28)10-20)18(30)25-14(4-3-9-23-19(21)22)17(29)24-12-5-7-13(8-6-12)27(31)32/h5-8,11,14,16H,3-4,9-10,20H2,1-2H3,(H,24,29)(H,25,30)(H,26,28)(H4,21,22,23)/t14-,16-/m0/s1. The van der Waals surface area contributed by atoms with Gasteiger partial charge in [0.2, 0.25) is 17.7 Å². The highest BCUT2D eigenvalue weighted by Gasteiger charge is 2.28. The molecule has 0 aliphatic heterocycles. The van der Waals surface area contributed by atoms with Crippen LogP contribution in [0.15, 0.2) is 29.3 Å². The van der Waals surface area contributed by atoms with Crippen LogP contribution in [0.3, 0.4) is 0 Å². The van der Waals surface area contributed by atoms with Crippen molar-refractivity contribution < 1.29 is 19.3 Å². The van der Waals surface area contributed by atoms with E-state index >= 15 is 0 Å². The van der Waals surface area contributed by atoms with Crippen LogP contribution in [-0.4, -0.2) is 53.8 Å². The second kappa shape index (κ2) is 12.8. The Bertz CT molecular complexity index is 837. The Morgan fingerprint density at radius 3 is 2.22 bits per heavy atom. The summed E-state index contributed by atoms with van der Waals surface area (Å²) in [6, 6.07) is 3.40. The quantitative estimate of drug-likeness (QED) is 0.0773. The van der Waals surface area contributed by atoms with E-state index < -0.39 is 34.7 Å². The number of guanidine groups is 1. The molecule has 13 heteroatoms. The number of benzene rings is 1. The lowest BCUT2D eigenvalue weighted by molar-refractivity contribution is -0.384. The summed E-state index contributed by atoms with van der Waals surface area (Å²) in [5, 5.41) is 18.6. The largest absolute Gasteiger partial charge is 0.370 e. The fourth-order valence-corrected chi connectivity index (χ4v) is 2.70. The summed E-state index contributed by atoms with van der Waals surface area (Å²) >= 11 is 0. The third-order valence-electron chi connectivity index (χ3n) is 4.37. The summed E-state index contributed by atoms with van der Waals surface area (Å²) < 4.78 is 0. The van der Waals surface area contributed by atoms with Gasteiger partial charge in [-0.25, -0.2) is 0 Å². The van der Waals surface area contributed by atoms with Crippen molar-refractivity contribution in [1.29, 1.82) is 0 Å². The third-order valence-corrected chi connectivity index (χ3v) is 4.37. The summed E-state index contributed by atoms with van der Waals surface area (Å²) in [6.45, 7) is 3.45. The number of anilines is 1. The first-order valence-electron chi connectivity index (χ1n) is 9.95. The van der Waals surface area contributed by atoms with Crippen molar-refractivity contribution in [2.24, 2.45) is 28.1 Å². The van der Waals surface area contributed by atoms with E-state index in [9.17, 15) is 24.5 Å². The molecule has 0 saturated carbocycles. The monoisotopic (exact) mass is 450 g/mol. The average Bonchev–Trinajstić information content (AvgIpc) is 2.73. The van der Waals surface area contributed by atoms with Crippen LogP contribution < -0.4 is 33.2 Å². The molecule has 9 N–H and O–H groups in total. The number of non-ortho nitro benzene ring substituents is 1. The molecule has 3 amide bonds. The van der Waals surface area contributed by atoms with Gasteiger partial charge in [0.05, 0.1) is 11.5 Å². The van der Waals surface area contributed by atoms with Gasteiger partial charge in [-0.2, -0.15) is 0 Å². The van der Waals surface area contributed by atoms with Gasteiger partial charge in [-0.1, -0.05) is 13.8 Å². The molecule has 0 aliphatic carbocycles. The van der Waals surface area contributed by atoms with Gasteiger partial charge < -0.3 is 33.2 Å². The molecule has 0 unspecified atom stereocenters. The summed E-state index contributed by atoms with van der Waals surface area (Å²) in [5.74, 6) is -1.94. The molecule has 0 saturated heterocycles. The number of nitro benzene ring substituents is 1. The molecule has 1 rings (SSSR count). The highest BCUT2D eigenvalue weighted by Crippen LogP contribution is 2.16. The Morgan fingerprint density at radius 2 is 1.72 bits per heavy atom. The number of nitro groups is 1. The van der Waals surface area contributed by atoms with Gasteiger partial charge in [-0.3, -0.25) is 29.5 Å². The predicted octanol–water partition coefficient (Wildman–Crippen LogP) is -0.829. The first-order valence-corrected chi connectivity index (χ1v) is 9.95. The molecule has 0 fully saturated rings. The number of nitrogens with one attached hydrogen (secondary N) is 3. The molecular formula is C19H30N8O5. The van der Waals surface area contributed by atoms with Crippen molar-refractivity contribution in [2.45, 2.75) is 38.8 Å². The van der Waals surface area contributed by atoms with Crippen LogP contribution in [0.4, 0.5) is 11.4 Å². The molecule has 0 radical (unpaired) electrons. The predicted molar refractivity (Wildman–Crippen MR) is 119 cm³/mol. The lowest BCUT2D eigenvalue weighted by Gasteiger charge is -2.25. The van der Waals surface area contributed by atoms with Crippen molar-refractivity contribution in [2.75, 3.05) is 18.4 Å². The average molecular weight is 451 g/mol. The molecule has 0 spiro atoms. The first kappa shape index (κ1) is 26.3. The highest BCUT2D eigenvalue weighted by atomic mass is 16.6. The van der Waals surface area contributed by atoms with Gasteiger partial charge in [0.15, 0.2) is 5.96 Å². The topological polar surface area (TPSA) is 221 Å². The minimum absolute atomic E-state index is 0.0923. The summed E-state index contributed by atoms with van der Waals surface area (Å²) in [7, 11) is 0. The second-order valence-electron chi connectivity index (χ2n) is 7.30. The van der Waals surface area contributed by atoms with Gasteiger partial charge in [-0.15, -0.1) is 0 Å². The number of hydrogen-bond donors (Lipinski definition) is 6. The smallest absolute Gasteiger partial charge is 0.269 e. The van der Waals surface area contributed by atoms with E-state index in [-0.39, 0.29) is 37.1 Å². The molecule has 1 aromatic carbocycles. The summed E-state index contributed by atoms with van der Waals surface area (Å²) in [5.41, 5.74) is 16.1. The van der Waals surface area contributed by atoms with Gasteiger partial charge in [-0.05, 0) is 30.9 Å². The van der Waals surface area contributed by atoms with Gasteiger partial charge in [0.1, 0.15) is 12.1 Å². The molecule has 1 aromatic rings. The van der Waals surface area contributed by atoms with Gasteiger partial charge in [0, 0.05) is 24.4 Å². The maximum atomic E-state index is 12.8. The van der Waals surface area contributed by atoms with E-state index in [1.165, 1.54) is 24.3 Å². The number of amides is 3. The van der Waals surface area contributed by atoms with Gasteiger partial charge >= 0.3 is 0 Å². The maximum absolute atomic E-state index is 12.8. The zero-order chi connectivity index (χ0) is 24.3. The Balaban J connectivity index is 2.95. The molecular weight excluding hydrogens is 420 g/mol. The van der Waals surface area contributed by atoms with Crippen molar-refractivity contribution in [3.8, 4) is 0 Å². The van der Waals surface area contributed by atoms with E-state index in [0.29, 0.717) is 12.1 Å². The third kappa shape index (κ3) is 8.95. The molecule has 13 nitrogen and oxygen atoms in total. The number of carbonyl (C=O) groups is 3. The van der Waals surface area contributed by atoms with E-state index in [4.69, 9.17) is 17.2 Å². The molecule has 0 heterocycles. The van der Waals surface area contributed by atoms with E-state index in [1.54, 1.807) is 13.8 Å². The van der Waals surface area contributed by atoms with E-state index in [2.05, 4.69) is 20.9 Å². The number of carbonyl (C=O) groups excluding carboxylic acids is 3. The number of hydrogen-bond acceptors (Lipinski definition) is 7. The Morgan fingerprint density at radius 1 is 1.09 bits per heavy atom. The van der Waals surface area contributed by atoms with Crippen LogP contribution in [0.25, 0.3) is 0 Å². The van der Waals surface area contributed by atoms with Crippen molar-refractivity contribution >= 4 is 35.1 Å². The molecule has 176 valence electrons. The van der Waals surface area contributed by atoms with Crippen LogP contribution in [0, 0.1) is 16.0 Å². The Kier molecular flexibility index (Phi) is 10.6. The fraction of sp³-hybridized carbons (Fsp3) is 0.474. The zero-order valence-corrected chi connectivity index (χ0v) is 18.0. The Labute approximate surface area is 185 Å². The Hall–Kier alpha value is -3.74. The van der Waals surface area contributed by atoms with E-state index in [0.717, 1.165) is 0 Å². The fourth-order valence-electron chi connectivity index (χ4n) is 2.70. The van der Waals surface area contributed by atoms with Crippen LogP contribution in [0.5, 0.6) is 0 Å². The first-order chi connectivity index (χ1) is 15.0. The highest BCUT2D eigenvalue weighted by molar-refractivity contribution is 5.98. The number of nitrogens with two attached hydrogens (primary N) is 3. The normalized spacial score (nSPS) is 12.4. The molecule has 0 aliphatic rings. The maximum Gasteiger partial charge on any atom is 0.269 e. The minimum Gasteiger partial charge on any atom is -0.370 e. The SMILES string of the molecule is CC(C)[C@H](NC(=O)CN)C(=O)N[C@@H](CCCN=C(N)N)C(=O)Nc1ccc([N+](=O)[O-])cc1. The second-order valence-corrected chi connectivity index (χ2v) is 7.30. The van der Waals surface area contributed by atoms with Gasteiger partial charge in [0.25, 0.3) is 5.69 Å². The van der Waals surface area contributed by atoms with E-state index in [1.807, 2.05) is 0 Å². The number of aliphatic imine (C=N–C) groups is 1. The molecule has 2 atom stereocenters. The van der Waals surface area contributed by atoms with Crippen molar-refractivity contribution in [3.63, 3.8) is 0 Å². The summed E-state index contributed by atoms with van der Waals surface area (Å²) in [6.07, 6.45) is 0.592. The van der Waals surface area contributed by atoms with Crippen LogP contribution in [0.1, 0.15) is 26.7 Å². The van der Waals surface area contributed by atoms with Crippen LogP contribution >= 0.6 is 0 Å². The minimum atomic E-state index is -0.970. The zero-order valence-electron chi connectivity index (χ0n) is 18.0. The van der Waals surface area contributed by atoms with Crippen LogP contribution in [0.2, 0.25) is 0 Å².